The Kier molecular flexibility index (Phi) is 1.77. The molecule has 1 aliphatic rings. The van der Waals surface area contributed by atoms with Crippen molar-refractivity contribution in [2.45, 2.75) is 13.0 Å². The van der Waals surface area contributed by atoms with Crippen molar-refractivity contribution in [1.82, 2.24) is 0 Å². The van der Waals surface area contributed by atoms with Crippen LogP contribution >= 0.6 is 11.6 Å². The molecule has 62 valence electrons. The summed E-state index contributed by atoms with van der Waals surface area (Å²) >= 11 is 5.81. The van der Waals surface area contributed by atoms with E-state index in [1.807, 2.05) is 24.4 Å². The van der Waals surface area contributed by atoms with Gasteiger partial charge in [0.2, 0.25) is 0 Å². The maximum Gasteiger partial charge on any atom is 0.0872 e. The minimum absolute atomic E-state index is 0.304. The predicted octanol–water partition coefficient (Wildman–Crippen LogP) is 2.86. The molecule has 0 aromatic heterocycles. The molecule has 2 nitrogen and oxygen atoms in total. The average molecular weight is 181 g/mol. The van der Waals surface area contributed by atoms with Crippen LogP contribution < -0.4 is 5.32 Å². The van der Waals surface area contributed by atoms with E-state index >= 15 is 0 Å². The van der Waals surface area contributed by atoms with Gasteiger partial charge in [0.05, 0.1) is 17.4 Å². The maximum absolute atomic E-state index is 5.81. The number of halogens is 1. The Balaban J connectivity index is 2.47. The molecule has 0 fully saturated rings. The van der Waals surface area contributed by atoms with Gasteiger partial charge in [-0.2, -0.15) is 0 Å². The van der Waals surface area contributed by atoms with E-state index in [2.05, 4.69) is 17.2 Å². The Morgan fingerprint density at radius 1 is 1.50 bits per heavy atom. The third-order valence-electron chi connectivity index (χ3n) is 1.78. The molecule has 0 bridgehead atoms. The van der Waals surface area contributed by atoms with Crippen LogP contribution in [0.5, 0.6) is 0 Å². The van der Waals surface area contributed by atoms with Crippen LogP contribution in [0.15, 0.2) is 23.2 Å². The number of hydrogen-bond acceptors (Lipinski definition) is 2. The van der Waals surface area contributed by atoms with E-state index in [1.54, 1.807) is 0 Å². The molecule has 0 saturated heterocycles. The molecule has 1 atom stereocenters. The fourth-order valence-electron chi connectivity index (χ4n) is 1.21. The van der Waals surface area contributed by atoms with Gasteiger partial charge in [-0.15, -0.1) is 0 Å². The lowest BCUT2D eigenvalue weighted by Gasteiger charge is -2.17. The zero-order valence-corrected chi connectivity index (χ0v) is 7.47. The van der Waals surface area contributed by atoms with E-state index in [9.17, 15) is 0 Å². The molecular weight excluding hydrogens is 172 g/mol. The van der Waals surface area contributed by atoms with Crippen LogP contribution in [0.25, 0.3) is 0 Å². The number of fused-ring (bicyclic) bond motifs is 1. The van der Waals surface area contributed by atoms with Crippen LogP contribution in [0, 0.1) is 0 Å². The van der Waals surface area contributed by atoms with Crippen LogP contribution in [-0.2, 0) is 0 Å². The third-order valence-corrected chi connectivity index (χ3v) is 2.02. The first-order valence-corrected chi connectivity index (χ1v) is 4.24. The van der Waals surface area contributed by atoms with Gasteiger partial charge in [-0.3, -0.25) is 4.99 Å². The van der Waals surface area contributed by atoms with Gasteiger partial charge in [0.15, 0.2) is 0 Å². The van der Waals surface area contributed by atoms with Gasteiger partial charge in [0.25, 0.3) is 0 Å². The Morgan fingerprint density at radius 2 is 2.33 bits per heavy atom. The second kappa shape index (κ2) is 2.79. The first kappa shape index (κ1) is 7.62. The molecule has 1 aromatic carbocycles. The van der Waals surface area contributed by atoms with Crippen LogP contribution in [-0.4, -0.2) is 12.3 Å². The van der Waals surface area contributed by atoms with Crippen molar-refractivity contribution >= 4 is 29.2 Å². The summed E-state index contributed by atoms with van der Waals surface area (Å²) in [5, 5.41) is 4.00. The fourth-order valence-corrected chi connectivity index (χ4v) is 1.37. The maximum atomic E-state index is 5.81. The molecule has 1 aliphatic heterocycles. The predicted molar refractivity (Wildman–Crippen MR) is 52.7 cm³/mol. The highest BCUT2D eigenvalue weighted by Crippen LogP contribution is 2.30. The molecule has 12 heavy (non-hydrogen) atoms. The molecule has 1 unspecified atom stereocenters. The summed E-state index contributed by atoms with van der Waals surface area (Å²) in [6, 6.07) is 5.97. The highest BCUT2D eigenvalue weighted by Gasteiger charge is 2.08. The van der Waals surface area contributed by atoms with E-state index in [0.29, 0.717) is 6.04 Å². The summed E-state index contributed by atoms with van der Waals surface area (Å²) in [5.41, 5.74) is 1.97. The van der Waals surface area contributed by atoms with Crippen molar-refractivity contribution in [2.75, 3.05) is 5.32 Å². The summed E-state index contributed by atoms with van der Waals surface area (Å²) in [5.74, 6) is 0. The highest BCUT2D eigenvalue weighted by molar-refractivity contribution is 6.31. The zero-order valence-electron chi connectivity index (χ0n) is 6.71. The van der Waals surface area contributed by atoms with E-state index in [-0.39, 0.29) is 0 Å². The standard InChI is InChI=1S/C9H9ClN2/c1-6-5-11-9-4-7(10)2-3-8(9)12-6/h2-6,12H,1H3. The summed E-state index contributed by atoms with van der Waals surface area (Å²) in [6.07, 6.45) is 1.87. The minimum Gasteiger partial charge on any atom is -0.376 e. The van der Waals surface area contributed by atoms with Crippen molar-refractivity contribution in [2.24, 2.45) is 4.99 Å². The SMILES string of the molecule is CC1C=Nc2cc(Cl)ccc2N1. The van der Waals surface area contributed by atoms with Crippen LogP contribution in [0.2, 0.25) is 5.02 Å². The van der Waals surface area contributed by atoms with Crippen LogP contribution in [0.1, 0.15) is 6.92 Å². The number of aliphatic imine (C=N–C) groups is 1. The molecule has 0 radical (unpaired) electrons. The zero-order chi connectivity index (χ0) is 8.55. The molecule has 0 saturated carbocycles. The van der Waals surface area contributed by atoms with Gasteiger partial charge < -0.3 is 5.32 Å². The van der Waals surface area contributed by atoms with Crippen molar-refractivity contribution in [3.8, 4) is 0 Å². The van der Waals surface area contributed by atoms with Crippen LogP contribution in [0.3, 0.4) is 0 Å². The lowest BCUT2D eigenvalue weighted by Crippen LogP contribution is -2.19. The summed E-state index contributed by atoms with van der Waals surface area (Å²) in [6.45, 7) is 2.06. The Labute approximate surface area is 76.3 Å². The lowest BCUT2D eigenvalue weighted by atomic mass is 10.2. The van der Waals surface area contributed by atoms with Gasteiger partial charge in [0, 0.05) is 11.2 Å². The molecule has 0 aliphatic carbocycles. The van der Waals surface area contributed by atoms with E-state index in [1.165, 1.54) is 0 Å². The quantitative estimate of drug-likeness (QED) is 0.653. The average Bonchev–Trinajstić information content (AvgIpc) is 2.05. The molecule has 1 heterocycles. The van der Waals surface area contributed by atoms with Crippen molar-refractivity contribution in [3.05, 3.63) is 23.2 Å². The van der Waals surface area contributed by atoms with Gasteiger partial charge in [-0.05, 0) is 25.1 Å². The second-order valence-corrected chi connectivity index (χ2v) is 3.31. The second-order valence-electron chi connectivity index (χ2n) is 2.87. The van der Waals surface area contributed by atoms with Gasteiger partial charge in [-0.1, -0.05) is 11.6 Å². The molecule has 2 rings (SSSR count). The number of hydrogen-bond donors (Lipinski definition) is 1. The molecule has 3 heteroatoms. The van der Waals surface area contributed by atoms with Gasteiger partial charge in [-0.25, -0.2) is 0 Å². The first-order valence-electron chi connectivity index (χ1n) is 3.86. The number of nitrogens with one attached hydrogen (secondary N) is 1. The van der Waals surface area contributed by atoms with Crippen LogP contribution in [0.4, 0.5) is 11.4 Å². The van der Waals surface area contributed by atoms with Crippen molar-refractivity contribution in [1.29, 1.82) is 0 Å². The Hall–Kier alpha value is -1.02. The number of benzene rings is 1. The molecule has 0 spiro atoms. The minimum atomic E-state index is 0.304. The topological polar surface area (TPSA) is 24.4 Å². The normalized spacial score (nSPS) is 20.0. The van der Waals surface area contributed by atoms with E-state index in [0.717, 1.165) is 16.4 Å². The fraction of sp³-hybridized carbons (Fsp3) is 0.222. The van der Waals surface area contributed by atoms with Gasteiger partial charge in [0.1, 0.15) is 0 Å². The number of rotatable bonds is 0. The molecule has 1 N–H and O–H groups in total. The summed E-state index contributed by atoms with van der Waals surface area (Å²) < 4.78 is 0. The Morgan fingerprint density at radius 3 is 3.17 bits per heavy atom. The molecule has 0 amide bonds. The van der Waals surface area contributed by atoms with Crippen molar-refractivity contribution < 1.29 is 0 Å². The smallest absolute Gasteiger partial charge is 0.0872 e. The lowest BCUT2D eigenvalue weighted by molar-refractivity contribution is 1.05. The Bertz CT molecular complexity index is 333. The summed E-state index contributed by atoms with van der Waals surface area (Å²) in [7, 11) is 0. The summed E-state index contributed by atoms with van der Waals surface area (Å²) in [4.78, 5) is 4.26. The van der Waals surface area contributed by atoms with E-state index < -0.39 is 0 Å². The van der Waals surface area contributed by atoms with E-state index in [4.69, 9.17) is 11.6 Å². The van der Waals surface area contributed by atoms with Crippen molar-refractivity contribution in [3.63, 3.8) is 0 Å². The largest absolute Gasteiger partial charge is 0.376 e. The number of nitrogens with zero attached hydrogens (tertiary/aromatic N) is 1. The monoisotopic (exact) mass is 180 g/mol. The number of anilines is 1. The first-order chi connectivity index (χ1) is 5.75. The highest BCUT2D eigenvalue weighted by atomic mass is 35.5. The third kappa shape index (κ3) is 1.30. The van der Waals surface area contributed by atoms with Gasteiger partial charge >= 0.3 is 0 Å². The molecular formula is C9H9ClN2. The molecule has 1 aromatic rings.